The third kappa shape index (κ3) is 2.43. The molecule has 0 saturated heterocycles. The van der Waals surface area contributed by atoms with Crippen LogP contribution in [0.5, 0.6) is 0 Å². The average Bonchev–Trinajstić information content (AvgIpc) is 2.25. The molecule has 0 N–H and O–H groups in total. The summed E-state index contributed by atoms with van der Waals surface area (Å²) < 4.78 is 0. The molecule has 0 aromatic heterocycles. The molecule has 0 saturated carbocycles. The van der Waals surface area contributed by atoms with E-state index in [-0.39, 0.29) is 11.1 Å². The number of rotatable bonds is 2. The van der Waals surface area contributed by atoms with Crippen molar-refractivity contribution in [3.63, 3.8) is 0 Å². The first-order valence-corrected chi connectivity index (χ1v) is 5.06. The van der Waals surface area contributed by atoms with Gasteiger partial charge in [-0.1, -0.05) is 20.8 Å². The van der Waals surface area contributed by atoms with Gasteiger partial charge in [-0.2, -0.15) is 5.26 Å². The summed E-state index contributed by atoms with van der Waals surface area (Å²) in [5.41, 5.74) is -1.63. The molecule has 0 spiro atoms. The molecule has 0 fully saturated rings. The number of nitro benzene ring substituents is 2. The number of hydrogen-bond acceptors (Lipinski definition) is 5. The average molecular weight is 249 g/mol. The van der Waals surface area contributed by atoms with Crippen molar-refractivity contribution in [3.8, 4) is 6.07 Å². The van der Waals surface area contributed by atoms with E-state index in [0.717, 1.165) is 12.1 Å². The fourth-order valence-corrected chi connectivity index (χ4v) is 1.73. The molecule has 1 rings (SSSR count). The highest BCUT2D eigenvalue weighted by Gasteiger charge is 2.34. The van der Waals surface area contributed by atoms with Crippen molar-refractivity contribution in [2.24, 2.45) is 0 Å². The summed E-state index contributed by atoms with van der Waals surface area (Å²) >= 11 is 0. The lowest BCUT2D eigenvalue weighted by Crippen LogP contribution is -2.16. The van der Waals surface area contributed by atoms with E-state index >= 15 is 0 Å². The molecule has 18 heavy (non-hydrogen) atoms. The van der Waals surface area contributed by atoms with Crippen molar-refractivity contribution >= 4 is 11.4 Å². The van der Waals surface area contributed by atoms with Crippen LogP contribution < -0.4 is 0 Å². The van der Waals surface area contributed by atoms with Gasteiger partial charge >= 0.3 is 0 Å². The molecule has 0 aliphatic carbocycles. The Morgan fingerprint density at radius 3 is 1.72 bits per heavy atom. The van der Waals surface area contributed by atoms with Crippen molar-refractivity contribution in [2.75, 3.05) is 0 Å². The van der Waals surface area contributed by atoms with Gasteiger partial charge in [-0.3, -0.25) is 20.2 Å². The summed E-state index contributed by atoms with van der Waals surface area (Å²) in [7, 11) is 0. The predicted octanol–water partition coefficient (Wildman–Crippen LogP) is 2.67. The summed E-state index contributed by atoms with van der Waals surface area (Å²) in [6.45, 7) is 4.94. The van der Waals surface area contributed by atoms with Crippen LogP contribution in [0.1, 0.15) is 31.9 Å². The SMILES string of the molecule is CC(C)(C)c1c([N+](=O)[O-])cc(C#N)cc1[N+](=O)[O-]. The minimum Gasteiger partial charge on any atom is -0.258 e. The van der Waals surface area contributed by atoms with Crippen LogP contribution in [0.15, 0.2) is 12.1 Å². The zero-order valence-electron chi connectivity index (χ0n) is 10.1. The van der Waals surface area contributed by atoms with E-state index in [2.05, 4.69) is 0 Å². The number of nitro groups is 2. The second-order valence-corrected chi connectivity index (χ2v) is 4.77. The molecule has 7 nitrogen and oxygen atoms in total. The quantitative estimate of drug-likeness (QED) is 0.591. The van der Waals surface area contributed by atoms with E-state index in [0.29, 0.717) is 0 Å². The van der Waals surface area contributed by atoms with Gasteiger partial charge < -0.3 is 0 Å². The largest absolute Gasteiger partial charge is 0.281 e. The van der Waals surface area contributed by atoms with Crippen LogP contribution >= 0.6 is 0 Å². The minimum absolute atomic E-state index is 0.0245. The lowest BCUT2D eigenvalue weighted by molar-refractivity contribution is -0.396. The number of benzene rings is 1. The van der Waals surface area contributed by atoms with E-state index in [9.17, 15) is 20.2 Å². The van der Waals surface area contributed by atoms with Gasteiger partial charge in [0, 0.05) is 17.5 Å². The molecule has 7 heteroatoms. The van der Waals surface area contributed by atoms with Gasteiger partial charge in [0.15, 0.2) is 0 Å². The van der Waals surface area contributed by atoms with Crippen molar-refractivity contribution in [1.29, 1.82) is 5.26 Å². The highest BCUT2D eigenvalue weighted by Crippen LogP contribution is 2.39. The molecule has 94 valence electrons. The Morgan fingerprint density at radius 2 is 1.50 bits per heavy atom. The van der Waals surface area contributed by atoms with Gasteiger partial charge in [0.1, 0.15) is 5.56 Å². The molecule has 0 bridgehead atoms. The van der Waals surface area contributed by atoms with Crippen LogP contribution in [0.2, 0.25) is 0 Å². The van der Waals surface area contributed by atoms with E-state index in [4.69, 9.17) is 5.26 Å². The van der Waals surface area contributed by atoms with Gasteiger partial charge in [0.2, 0.25) is 0 Å². The lowest BCUT2D eigenvalue weighted by atomic mass is 9.84. The molecule has 0 radical (unpaired) electrons. The number of nitriles is 1. The molecule has 0 aliphatic heterocycles. The van der Waals surface area contributed by atoms with Crippen LogP contribution in [-0.4, -0.2) is 9.85 Å². The topological polar surface area (TPSA) is 110 Å². The Kier molecular flexibility index (Phi) is 3.32. The van der Waals surface area contributed by atoms with Crippen molar-refractivity contribution in [3.05, 3.63) is 43.5 Å². The monoisotopic (exact) mass is 249 g/mol. The summed E-state index contributed by atoms with van der Waals surface area (Å²) in [4.78, 5) is 20.6. The maximum absolute atomic E-state index is 11.0. The Bertz CT molecular complexity index is 532. The van der Waals surface area contributed by atoms with Gasteiger partial charge in [0.05, 0.1) is 21.5 Å². The van der Waals surface area contributed by atoms with Gasteiger partial charge in [-0.05, 0) is 0 Å². The second-order valence-electron chi connectivity index (χ2n) is 4.77. The van der Waals surface area contributed by atoms with Gasteiger partial charge in [-0.15, -0.1) is 0 Å². The summed E-state index contributed by atoms with van der Waals surface area (Å²) in [6, 6.07) is 3.81. The molecular formula is C11H11N3O4. The Hall–Kier alpha value is -2.49. The van der Waals surface area contributed by atoms with E-state index < -0.39 is 26.6 Å². The molecule has 0 unspecified atom stereocenters. The van der Waals surface area contributed by atoms with Crippen LogP contribution in [0.25, 0.3) is 0 Å². The molecule has 1 aromatic rings. The molecule has 0 heterocycles. The smallest absolute Gasteiger partial charge is 0.258 e. The fourth-order valence-electron chi connectivity index (χ4n) is 1.73. The highest BCUT2D eigenvalue weighted by atomic mass is 16.6. The third-order valence-electron chi connectivity index (χ3n) is 2.37. The second kappa shape index (κ2) is 4.41. The fraction of sp³-hybridized carbons (Fsp3) is 0.364. The molecule has 1 aromatic carbocycles. The van der Waals surface area contributed by atoms with Gasteiger partial charge in [0.25, 0.3) is 11.4 Å². The summed E-state index contributed by atoms with van der Waals surface area (Å²) in [5.74, 6) is 0. The van der Waals surface area contributed by atoms with E-state index in [1.807, 2.05) is 0 Å². The third-order valence-corrected chi connectivity index (χ3v) is 2.37. The minimum atomic E-state index is -0.765. The van der Waals surface area contributed by atoms with Crippen LogP contribution in [0.3, 0.4) is 0 Å². The molecule has 0 atom stereocenters. The van der Waals surface area contributed by atoms with Gasteiger partial charge in [-0.25, -0.2) is 0 Å². The number of hydrogen-bond donors (Lipinski definition) is 0. The Balaban J connectivity index is 3.79. The van der Waals surface area contributed by atoms with Crippen LogP contribution in [0, 0.1) is 31.6 Å². The maximum atomic E-state index is 11.0. The van der Waals surface area contributed by atoms with E-state index in [1.54, 1.807) is 26.8 Å². The van der Waals surface area contributed by atoms with Crippen molar-refractivity contribution in [2.45, 2.75) is 26.2 Å². The summed E-state index contributed by atoms with van der Waals surface area (Å²) in [5, 5.41) is 30.7. The molecule has 0 aliphatic rings. The first-order chi connectivity index (χ1) is 8.18. The summed E-state index contributed by atoms with van der Waals surface area (Å²) in [6.07, 6.45) is 0. The Morgan fingerprint density at radius 1 is 1.11 bits per heavy atom. The first-order valence-electron chi connectivity index (χ1n) is 5.06. The Labute approximate surface area is 103 Å². The zero-order chi connectivity index (χ0) is 14.1. The lowest BCUT2D eigenvalue weighted by Gasteiger charge is -2.18. The number of nitrogens with zero attached hydrogens (tertiary/aromatic N) is 3. The van der Waals surface area contributed by atoms with E-state index in [1.165, 1.54) is 0 Å². The molecule has 0 amide bonds. The van der Waals surface area contributed by atoms with Crippen molar-refractivity contribution in [1.82, 2.24) is 0 Å². The highest BCUT2D eigenvalue weighted by molar-refractivity contribution is 5.61. The normalized spacial score (nSPS) is 10.8. The zero-order valence-corrected chi connectivity index (χ0v) is 10.1. The molecular weight excluding hydrogens is 238 g/mol. The maximum Gasteiger partial charge on any atom is 0.281 e. The first kappa shape index (κ1) is 13.6. The van der Waals surface area contributed by atoms with Crippen LogP contribution in [0.4, 0.5) is 11.4 Å². The van der Waals surface area contributed by atoms with Crippen molar-refractivity contribution < 1.29 is 9.85 Å². The standard InChI is InChI=1S/C11H11N3O4/c1-11(2,3)10-8(13(15)16)4-7(6-12)5-9(10)14(17)18/h4-5H,1-3H3. The van der Waals surface area contributed by atoms with Crippen LogP contribution in [-0.2, 0) is 5.41 Å². The predicted molar refractivity (Wildman–Crippen MR) is 63.2 cm³/mol.